The zero-order chi connectivity index (χ0) is 13.8. The van der Waals surface area contributed by atoms with Crippen LogP contribution in [-0.2, 0) is 6.54 Å². The Hall–Kier alpha value is -2.22. The molecule has 0 atom stereocenters. The molecule has 0 aliphatic rings. The lowest BCUT2D eigenvalue weighted by atomic mass is 10.2. The first kappa shape index (κ1) is 12.8. The molecule has 0 aliphatic heterocycles. The van der Waals surface area contributed by atoms with E-state index in [0.717, 1.165) is 25.3 Å². The molecule has 3 aromatic rings. The maximum atomic E-state index is 5.72. The van der Waals surface area contributed by atoms with Crippen LogP contribution in [0.1, 0.15) is 12.0 Å². The zero-order valence-corrected chi connectivity index (χ0v) is 11.8. The van der Waals surface area contributed by atoms with Crippen LogP contribution in [0.25, 0.3) is 10.9 Å². The summed E-state index contributed by atoms with van der Waals surface area (Å²) in [6.07, 6.45) is 3.17. The summed E-state index contributed by atoms with van der Waals surface area (Å²) in [4.78, 5) is 0. The molecule has 2 nitrogen and oxygen atoms in total. The number of aromatic nitrogens is 1. The van der Waals surface area contributed by atoms with Crippen molar-refractivity contribution in [3.63, 3.8) is 0 Å². The highest BCUT2D eigenvalue weighted by atomic mass is 16.5. The van der Waals surface area contributed by atoms with Gasteiger partial charge in [-0.3, -0.25) is 0 Å². The number of rotatable bonds is 5. The molecule has 0 bridgehead atoms. The second-order valence-corrected chi connectivity index (χ2v) is 5.09. The normalized spacial score (nSPS) is 10.8. The number of hydrogen-bond donors (Lipinski definition) is 0. The monoisotopic (exact) mass is 265 g/mol. The van der Waals surface area contributed by atoms with Crippen LogP contribution in [0.3, 0.4) is 0 Å². The molecule has 0 saturated carbocycles. The fourth-order valence-electron chi connectivity index (χ4n) is 2.46. The zero-order valence-electron chi connectivity index (χ0n) is 11.8. The number of benzene rings is 2. The molecule has 2 aromatic carbocycles. The number of ether oxygens (including phenoxy) is 1. The first-order valence-electron chi connectivity index (χ1n) is 7.06. The quantitative estimate of drug-likeness (QED) is 0.623. The minimum absolute atomic E-state index is 0.746. The molecule has 20 heavy (non-hydrogen) atoms. The van der Waals surface area contributed by atoms with Crippen molar-refractivity contribution in [2.75, 3.05) is 6.61 Å². The van der Waals surface area contributed by atoms with Crippen LogP contribution in [0.2, 0.25) is 0 Å². The lowest BCUT2D eigenvalue weighted by Gasteiger charge is -2.08. The summed E-state index contributed by atoms with van der Waals surface area (Å²) >= 11 is 0. The van der Waals surface area contributed by atoms with Gasteiger partial charge in [-0.25, -0.2) is 0 Å². The van der Waals surface area contributed by atoms with E-state index in [0.29, 0.717) is 0 Å². The van der Waals surface area contributed by atoms with E-state index in [1.165, 1.54) is 16.5 Å². The number of hydrogen-bond acceptors (Lipinski definition) is 1. The summed E-state index contributed by atoms with van der Waals surface area (Å²) in [6, 6.07) is 18.8. The fraction of sp³-hybridized carbons (Fsp3) is 0.222. The summed E-state index contributed by atoms with van der Waals surface area (Å²) in [5.74, 6) is 0.945. The van der Waals surface area contributed by atoms with E-state index < -0.39 is 0 Å². The predicted octanol–water partition coefficient (Wildman–Crippen LogP) is 4.42. The van der Waals surface area contributed by atoms with Gasteiger partial charge < -0.3 is 9.30 Å². The van der Waals surface area contributed by atoms with E-state index in [1.54, 1.807) is 0 Å². The van der Waals surface area contributed by atoms with Gasteiger partial charge in [0.25, 0.3) is 0 Å². The summed E-state index contributed by atoms with van der Waals surface area (Å²) in [5.41, 5.74) is 2.61. The molecular weight excluding hydrogens is 246 g/mol. The lowest BCUT2D eigenvalue weighted by molar-refractivity contribution is 0.302. The smallest absolute Gasteiger partial charge is 0.119 e. The number of para-hydroxylation sites is 1. The minimum atomic E-state index is 0.746. The number of nitrogens with zero attached hydrogens (tertiary/aromatic N) is 1. The van der Waals surface area contributed by atoms with Crippen LogP contribution in [0.5, 0.6) is 5.75 Å². The SMILES string of the molecule is Cc1ccc2c(ccn2CCCOc2ccccc2)c1. The van der Waals surface area contributed by atoms with E-state index in [9.17, 15) is 0 Å². The average Bonchev–Trinajstić information content (AvgIpc) is 2.87. The Balaban J connectivity index is 1.58. The summed E-state index contributed by atoms with van der Waals surface area (Å²) in [6.45, 7) is 3.86. The summed E-state index contributed by atoms with van der Waals surface area (Å²) in [5, 5.41) is 1.31. The van der Waals surface area contributed by atoms with Crippen molar-refractivity contribution in [2.24, 2.45) is 0 Å². The molecule has 1 heterocycles. The van der Waals surface area contributed by atoms with Crippen LogP contribution < -0.4 is 4.74 Å². The Morgan fingerprint density at radius 3 is 2.70 bits per heavy atom. The Morgan fingerprint density at radius 2 is 1.85 bits per heavy atom. The summed E-state index contributed by atoms with van der Waals surface area (Å²) < 4.78 is 8.02. The van der Waals surface area contributed by atoms with Crippen LogP contribution in [0, 0.1) is 6.92 Å². The molecule has 0 amide bonds. The van der Waals surface area contributed by atoms with Crippen LogP contribution >= 0.6 is 0 Å². The Kier molecular flexibility index (Phi) is 3.73. The average molecular weight is 265 g/mol. The molecule has 1 aromatic heterocycles. The topological polar surface area (TPSA) is 14.2 Å². The first-order chi connectivity index (χ1) is 9.83. The van der Waals surface area contributed by atoms with Gasteiger partial charge in [0.1, 0.15) is 5.75 Å². The van der Waals surface area contributed by atoms with E-state index in [2.05, 4.69) is 42.0 Å². The second-order valence-electron chi connectivity index (χ2n) is 5.09. The Bertz CT molecular complexity index is 685. The van der Waals surface area contributed by atoms with Gasteiger partial charge in [0.2, 0.25) is 0 Å². The maximum absolute atomic E-state index is 5.72. The van der Waals surface area contributed by atoms with Crippen molar-refractivity contribution in [3.8, 4) is 5.75 Å². The van der Waals surface area contributed by atoms with Crippen LogP contribution in [0.4, 0.5) is 0 Å². The molecule has 102 valence electrons. The van der Waals surface area contributed by atoms with Gasteiger partial charge in [-0.2, -0.15) is 0 Å². The second kappa shape index (κ2) is 5.83. The van der Waals surface area contributed by atoms with Gasteiger partial charge in [0.05, 0.1) is 6.61 Å². The van der Waals surface area contributed by atoms with E-state index >= 15 is 0 Å². The molecule has 3 rings (SSSR count). The summed E-state index contributed by atoms with van der Waals surface area (Å²) in [7, 11) is 0. The van der Waals surface area contributed by atoms with Gasteiger partial charge >= 0.3 is 0 Å². The van der Waals surface area contributed by atoms with E-state index in [4.69, 9.17) is 4.74 Å². The van der Waals surface area contributed by atoms with Crippen molar-refractivity contribution >= 4 is 10.9 Å². The number of fused-ring (bicyclic) bond motifs is 1. The highest BCUT2D eigenvalue weighted by Crippen LogP contribution is 2.17. The van der Waals surface area contributed by atoms with Crippen molar-refractivity contribution in [3.05, 3.63) is 66.4 Å². The lowest BCUT2D eigenvalue weighted by Crippen LogP contribution is -2.03. The Labute approximate surface area is 119 Å². The molecule has 0 radical (unpaired) electrons. The van der Waals surface area contributed by atoms with Crippen LogP contribution in [0.15, 0.2) is 60.8 Å². The number of aryl methyl sites for hydroxylation is 2. The third-order valence-corrected chi connectivity index (χ3v) is 3.48. The van der Waals surface area contributed by atoms with E-state index in [1.807, 2.05) is 30.3 Å². The highest BCUT2D eigenvalue weighted by Gasteiger charge is 2.01. The molecule has 2 heteroatoms. The van der Waals surface area contributed by atoms with Gasteiger partial charge in [-0.1, -0.05) is 29.8 Å². The molecule has 0 spiro atoms. The van der Waals surface area contributed by atoms with Crippen molar-refractivity contribution in [1.82, 2.24) is 4.57 Å². The molecule has 0 unspecified atom stereocenters. The molecule has 0 aliphatic carbocycles. The molecular formula is C18H19NO. The van der Waals surface area contributed by atoms with Gasteiger partial charge in [0.15, 0.2) is 0 Å². The van der Waals surface area contributed by atoms with Crippen LogP contribution in [-0.4, -0.2) is 11.2 Å². The predicted molar refractivity (Wildman–Crippen MR) is 83.2 cm³/mol. The van der Waals surface area contributed by atoms with Crippen molar-refractivity contribution in [1.29, 1.82) is 0 Å². The third kappa shape index (κ3) is 2.85. The van der Waals surface area contributed by atoms with Gasteiger partial charge in [-0.15, -0.1) is 0 Å². The standard InChI is InChI=1S/C18H19NO/c1-15-8-9-18-16(14-15)10-12-19(18)11-5-13-20-17-6-3-2-4-7-17/h2-4,6-10,12,14H,5,11,13H2,1H3. The van der Waals surface area contributed by atoms with Crippen molar-refractivity contribution < 1.29 is 4.74 Å². The van der Waals surface area contributed by atoms with E-state index in [-0.39, 0.29) is 0 Å². The first-order valence-corrected chi connectivity index (χ1v) is 7.06. The molecule has 0 N–H and O–H groups in total. The largest absolute Gasteiger partial charge is 0.494 e. The maximum Gasteiger partial charge on any atom is 0.119 e. The van der Waals surface area contributed by atoms with Crippen molar-refractivity contribution in [2.45, 2.75) is 19.9 Å². The fourth-order valence-corrected chi connectivity index (χ4v) is 2.46. The third-order valence-electron chi connectivity index (χ3n) is 3.48. The highest BCUT2D eigenvalue weighted by molar-refractivity contribution is 5.80. The minimum Gasteiger partial charge on any atom is -0.494 e. The Morgan fingerprint density at radius 1 is 1.00 bits per heavy atom. The molecule has 0 fully saturated rings. The molecule has 0 saturated heterocycles. The van der Waals surface area contributed by atoms with Gasteiger partial charge in [0, 0.05) is 18.3 Å². The van der Waals surface area contributed by atoms with Gasteiger partial charge in [-0.05, 0) is 49.1 Å².